The van der Waals surface area contributed by atoms with Gasteiger partial charge in [0.25, 0.3) is 0 Å². The van der Waals surface area contributed by atoms with Gasteiger partial charge in [-0.05, 0) is 17.7 Å². The van der Waals surface area contributed by atoms with Gasteiger partial charge in [0.05, 0.1) is 19.5 Å². The molecule has 8 heteroatoms. The molecule has 1 fully saturated rings. The second-order valence-corrected chi connectivity index (χ2v) is 7.34. The Bertz CT molecular complexity index is 583. The largest absolute Gasteiger partial charge is 0.493 e. The fourth-order valence-corrected chi connectivity index (χ4v) is 4.45. The zero-order valence-corrected chi connectivity index (χ0v) is 14.5. The third-order valence-electron chi connectivity index (χ3n) is 3.65. The zero-order valence-electron chi connectivity index (χ0n) is 12.8. The van der Waals surface area contributed by atoms with E-state index in [4.69, 9.17) is 19.3 Å². The first-order valence-electron chi connectivity index (χ1n) is 7.32. The highest BCUT2D eigenvalue weighted by atomic mass is 32.2. The molecule has 1 atom stereocenters. The summed E-state index contributed by atoms with van der Waals surface area (Å²) in [6.07, 6.45) is 0. The van der Waals surface area contributed by atoms with Crippen molar-refractivity contribution in [2.75, 3.05) is 44.3 Å². The Labute approximate surface area is 143 Å². The number of fused-ring (bicyclic) bond motifs is 1. The highest BCUT2D eigenvalue weighted by molar-refractivity contribution is 8.00. The van der Waals surface area contributed by atoms with Gasteiger partial charge in [-0.2, -0.15) is 11.8 Å². The molecule has 23 heavy (non-hydrogen) atoms. The maximum atomic E-state index is 12.2. The summed E-state index contributed by atoms with van der Waals surface area (Å²) in [5.41, 5.74) is 0.981. The maximum Gasteiger partial charge on any atom is 0.233 e. The standard InChI is InChI=1S/C15H19NO5S2/c1-19-11-6-10(7-12-14(11)21-9-20-12)15-16(13(18)8-23-15)2-4-22-5-3-17/h6-7,15,17H,2-5,8-9H2,1H3. The molecule has 6 nitrogen and oxygen atoms in total. The summed E-state index contributed by atoms with van der Waals surface area (Å²) in [7, 11) is 1.59. The Morgan fingerprint density at radius 3 is 3.09 bits per heavy atom. The summed E-state index contributed by atoms with van der Waals surface area (Å²) in [5.74, 6) is 4.03. The second kappa shape index (κ2) is 7.55. The Hall–Kier alpha value is -1.25. The van der Waals surface area contributed by atoms with E-state index in [0.717, 1.165) is 11.3 Å². The molecule has 2 heterocycles. The van der Waals surface area contributed by atoms with Crippen molar-refractivity contribution in [2.24, 2.45) is 0 Å². The summed E-state index contributed by atoms with van der Waals surface area (Å²) in [6, 6.07) is 3.84. The number of methoxy groups -OCH3 is 1. The van der Waals surface area contributed by atoms with Crippen LogP contribution < -0.4 is 14.2 Å². The molecule has 0 spiro atoms. The van der Waals surface area contributed by atoms with Gasteiger partial charge in [-0.25, -0.2) is 0 Å². The lowest BCUT2D eigenvalue weighted by atomic mass is 10.1. The average Bonchev–Trinajstić information content (AvgIpc) is 3.17. The predicted octanol–water partition coefficient (Wildman–Crippen LogP) is 1.72. The van der Waals surface area contributed by atoms with E-state index in [9.17, 15) is 4.79 Å². The molecule has 1 unspecified atom stereocenters. The number of benzene rings is 1. The topological polar surface area (TPSA) is 68.2 Å². The number of amides is 1. The molecule has 0 aliphatic carbocycles. The quantitative estimate of drug-likeness (QED) is 0.745. The number of hydrogen-bond donors (Lipinski definition) is 1. The molecule has 1 N–H and O–H groups in total. The van der Waals surface area contributed by atoms with Crippen LogP contribution in [0.3, 0.4) is 0 Å². The highest BCUT2D eigenvalue weighted by Gasteiger charge is 2.34. The summed E-state index contributed by atoms with van der Waals surface area (Å²) >= 11 is 3.25. The third-order valence-corrected chi connectivity index (χ3v) is 5.84. The molecule has 1 aromatic rings. The minimum absolute atomic E-state index is 0.0411. The van der Waals surface area contributed by atoms with Gasteiger partial charge in [0, 0.05) is 18.1 Å². The molecule has 1 amide bonds. The molecule has 2 aliphatic rings. The van der Waals surface area contributed by atoms with E-state index in [2.05, 4.69) is 0 Å². The van der Waals surface area contributed by atoms with E-state index >= 15 is 0 Å². The zero-order chi connectivity index (χ0) is 16.2. The lowest BCUT2D eigenvalue weighted by Gasteiger charge is -2.24. The van der Waals surface area contributed by atoms with E-state index in [-0.39, 0.29) is 24.7 Å². The van der Waals surface area contributed by atoms with E-state index in [1.165, 1.54) is 0 Å². The van der Waals surface area contributed by atoms with Gasteiger partial charge >= 0.3 is 0 Å². The van der Waals surface area contributed by atoms with Crippen molar-refractivity contribution in [1.29, 1.82) is 0 Å². The number of hydrogen-bond acceptors (Lipinski definition) is 7. The van der Waals surface area contributed by atoms with Crippen molar-refractivity contribution in [3.8, 4) is 17.2 Å². The van der Waals surface area contributed by atoms with Crippen molar-refractivity contribution < 1.29 is 24.1 Å². The minimum Gasteiger partial charge on any atom is -0.493 e. The molecule has 0 saturated carbocycles. The first-order valence-corrected chi connectivity index (χ1v) is 9.52. The van der Waals surface area contributed by atoms with Gasteiger partial charge in [-0.1, -0.05) is 0 Å². The first-order chi connectivity index (χ1) is 11.2. The second-order valence-electron chi connectivity index (χ2n) is 5.04. The van der Waals surface area contributed by atoms with Crippen LogP contribution in [0.25, 0.3) is 0 Å². The SMILES string of the molecule is COc1cc(C2SCC(=O)N2CCSCCO)cc2c1OCO2. The summed E-state index contributed by atoms with van der Waals surface area (Å²) in [4.78, 5) is 14.1. The molecule has 0 bridgehead atoms. The van der Waals surface area contributed by atoms with Crippen molar-refractivity contribution in [3.05, 3.63) is 17.7 Å². The van der Waals surface area contributed by atoms with Gasteiger partial charge in [0.15, 0.2) is 11.5 Å². The van der Waals surface area contributed by atoms with Gasteiger partial charge in [-0.3, -0.25) is 4.79 Å². The molecule has 126 valence electrons. The molecule has 1 saturated heterocycles. The van der Waals surface area contributed by atoms with E-state index < -0.39 is 0 Å². The smallest absolute Gasteiger partial charge is 0.233 e. The van der Waals surface area contributed by atoms with Crippen LogP contribution in [0.4, 0.5) is 0 Å². The Morgan fingerprint density at radius 2 is 2.30 bits per heavy atom. The summed E-state index contributed by atoms with van der Waals surface area (Å²) in [5, 5.41) is 8.80. The van der Waals surface area contributed by atoms with Crippen molar-refractivity contribution in [1.82, 2.24) is 4.90 Å². The molecule has 2 aliphatic heterocycles. The van der Waals surface area contributed by atoms with Gasteiger partial charge in [-0.15, -0.1) is 11.8 Å². The molecule has 0 radical (unpaired) electrons. The third kappa shape index (κ3) is 3.49. The number of thioether (sulfide) groups is 2. The van der Waals surface area contributed by atoms with Gasteiger partial charge in [0.1, 0.15) is 5.37 Å². The van der Waals surface area contributed by atoms with Crippen LogP contribution in [-0.4, -0.2) is 60.2 Å². The number of aliphatic hydroxyl groups excluding tert-OH is 1. The number of nitrogens with zero attached hydrogens (tertiary/aromatic N) is 1. The van der Waals surface area contributed by atoms with Crippen LogP contribution in [0.1, 0.15) is 10.9 Å². The van der Waals surface area contributed by atoms with Crippen molar-refractivity contribution in [3.63, 3.8) is 0 Å². The molecule has 0 aromatic heterocycles. The Balaban J connectivity index is 1.78. The average molecular weight is 357 g/mol. The van der Waals surface area contributed by atoms with Crippen LogP contribution >= 0.6 is 23.5 Å². The number of rotatable bonds is 7. The molecular formula is C15H19NO5S2. The highest BCUT2D eigenvalue weighted by Crippen LogP contribution is 2.47. The lowest BCUT2D eigenvalue weighted by Crippen LogP contribution is -2.30. The van der Waals surface area contributed by atoms with Crippen molar-refractivity contribution >= 4 is 29.4 Å². The van der Waals surface area contributed by atoms with Crippen LogP contribution in [-0.2, 0) is 4.79 Å². The van der Waals surface area contributed by atoms with Gasteiger partial charge in [0.2, 0.25) is 18.4 Å². The number of ether oxygens (including phenoxy) is 3. The normalized spacial score (nSPS) is 19.5. The summed E-state index contributed by atoms with van der Waals surface area (Å²) < 4.78 is 16.3. The van der Waals surface area contributed by atoms with Gasteiger partial charge < -0.3 is 24.2 Å². The van der Waals surface area contributed by atoms with E-state index in [1.807, 2.05) is 17.0 Å². The monoisotopic (exact) mass is 357 g/mol. The predicted molar refractivity (Wildman–Crippen MR) is 90.4 cm³/mol. The number of carbonyl (C=O) groups is 1. The lowest BCUT2D eigenvalue weighted by molar-refractivity contribution is -0.127. The van der Waals surface area contributed by atoms with Crippen molar-refractivity contribution in [2.45, 2.75) is 5.37 Å². The van der Waals surface area contributed by atoms with Crippen LogP contribution in [0.2, 0.25) is 0 Å². The van der Waals surface area contributed by atoms with E-state index in [1.54, 1.807) is 30.6 Å². The maximum absolute atomic E-state index is 12.2. The van der Waals surface area contributed by atoms with Crippen LogP contribution in [0.15, 0.2) is 12.1 Å². The Kier molecular flexibility index (Phi) is 5.45. The Morgan fingerprint density at radius 1 is 1.43 bits per heavy atom. The fraction of sp³-hybridized carbons (Fsp3) is 0.533. The molecule has 1 aromatic carbocycles. The molecular weight excluding hydrogens is 338 g/mol. The fourth-order valence-electron chi connectivity index (χ4n) is 2.59. The van der Waals surface area contributed by atoms with Crippen LogP contribution in [0.5, 0.6) is 17.2 Å². The van der Waals surface area contributed by atoms with E-state index in [0.29, 0.717) is 35.3 Å². The first kappa shape index (κ1) is 16.6. The summed E-state index contributed by atoms with van der Waals surface area (Å²) in [6.45, 7) is 1.02. The number of carbonyl (C=O) groups excluding carboxylic acids is 1. The molecule has 3 rings (SSSR count). The minimum atomic E-state index is -0.0411. The van der Waals surface area contributed by atoms with Crippen LogP contribution in [0, 0.1) is 0 Å². The number of aliphatic hydroxyl groups is 1.